The lowest BCUT2D eigenvalue weighted by molar-refractivity contribution is 0.107. The average Bonchev–Trinajstić information content (AvgIpc) is 3.37. The summed E-state index contributed by atoms with van der Waals surface area (Å²) in [6.07, 6.45) is 7.54. The number of anilines is 1. The van der Waals surface area contributed by atoms with Crippen molar-refractivity contribution in [1.82, 2.24) is 15.1 Å². The van der Waals surface area contributed by atoms with Gasteiger partial charge < -0.3 is 10.1 Å². The summed E-state index contributed by atoms with van der Waals surface area (Å²) in [4.78, 5) is 6.59. The lowest BCUT2D eigenvalue weighted by Gasteiger charge is -2.26. The fourth-order valence-corrected chi connectivity index (χ4v) is 5.76. The van der Waals surface area contributed by atoms with Crippen molar-refractivity contribution in [2.24, 2.45) is 4.99 Å². The van der Waals surface area contributed by atoms with Crippen LogP contribution in [0.1, 0.15) is 59.2 Å². The lowest BCUT2D eigenvalue weighted by atomic mass is 9.94. The first-order chi connectivity index (χ1) is 13.2. The van der Waals surface area contributed by atoms with E-state index in [9.17, 15) is 0 Å². The number of nitrogens with zero attached hydrogens (tertiary/aromatic N) is 3. The second-order valence-electron chi connectivity index (χ2n) is 7.82. The van der Waals surface area contributed by atoms with Gasteiger partial charge in [0.05, 0.1) is 11.8 Å². The van der Waals surface area contributed by atoms with Crippen LogP contribution in [0.2, 0.25) is 0 Å². The van der Waals surface area contributed by atoms with Crippen LogP contribution in [-0.2, 0) is 17.6 Å². The number of aromatic nitrogens is 2. The molecule has 2 aromatic rings. The molecule has 27 heavy (non-hydrogen) atoms. The number of thiophene rings is 1. The van der Waals surface area contributed by atoms with Crippen LogP contribution in [0.15, 0.2) is 11.1 Å². The number of hydrogen-bond acceptors (Lipinski definition) is 6. The van der Waals surface area contributed by atoms with Crippen molar-refractivity contribution in [2.75, 3.05) is 18.5 Å². The summed E-state index contributed by atoms with van der Waals surface area (Å²) < 4.78 is 7.75. The highest BCUT2D eigenvalue weighted by molar-refractivity contribution is 7.16. The lowest BCUT2D eigenvalue weighted by Crippen LogP contribution is -2.36. The van der Waals surface area contributed by atoms with E-state index in [2.05, 4.69) is 28.7 Å². The smallest absolute Gasteiger partial charge is 0.226 e. The second-order valence-corrected chi connectivity index (χ2v) is 8.92. The van der Waals surface area contributed by atoms with Gasteiger partial charge in [-0.05, 0) is 64.0 Å². The third-order valence-electron chi connectivity index (χ3n) is 5.74. The van der Waals surface area contributed by atoms with Crippen LogP contribution < -0.4 is 10.6 Å². The molecule has 4 heterocycles. The van der Waals surface area contributed by atoms with Gasteiger partial charge in [0.1, 0.15) is 11.2 Å². The summed E-state index contributed by atoms with van der Waals surface area (Å²) >= 11 is 1.91. The number of nitrogens with one attached hydrogen (secondary N) is 2. The molecule has 0 unspecified atom stereocenters. The first kappa shape index (κ1) is 17.4. The summed E-state index contributed by atoms with van der Waals surface area (Å²) in [6.45, 7) is 5.84. The topological polar surface area (TPSA) is 63.5 Å². The van der Waals surface area contributed by atoms with Crippen molar-refractivity contribution in [3.05, 3.63) is 33.5 Å². The Balaban J connectivity index is 1.50. The molecule has 1 aliphatic carbocycles. The van der Waals surface area contributed by atoms with E-state index in [1.807, 2.05) is 22.9 Å². The molecule has 1 saturated heterocycles. The minimum Gasteiger partial charge on any atom is -0.377 e. The molecule has 5 rings (SSSR count). The Kier molecular flexibility index (Phi) is 4.53. The molecule has 0 saturated carbocycles. The minimum absolute atomic E-state index is 0.0255. The van der Waals surface area contributed by atoms with E-state index in [-0.39, 0.29) is 6.17 Å². The second kappa shape index (κ2) is 7.04. The molecule has 0 amide bonds. The Hall–Kier alpha value is -1.70. The van der Waals surface area contributed by atoms with Gasteiger partial charge in [0.15, 0.2) is 0 Å². The molecular formula is C20H27N5OS. The van der Waals surface area contributed by atoms with Crippen LogP contribution >= 0.6 is 11.3 Å². The maximum absolute atomic E-state index is 5.82. The zero-order valence-corrected chi connectivity index (χ0v) is 16.9. The van der Waals surface area contributed by atoms with E-state index in [0.717, 1.165) is 43.3 Å². The van der Waals surface area contributed by atoms with Gasteiger partial charge in [-0.2, -0.15) is 5.10 Å². The Bertz CT molecular complexity index is 877. The Morgan fingerprint density at radius 2 is 2.19 bits per heavy atom. The zero-order valence-electron chi connectivity index (χ0n) is 16.0. The highest BCUT2D eigenvalue weighted by Gasteiger charge is 2.31. The van der Waals surface area contributed by atoms with Crippen molar-refractivity contribution in [3.63, 3.8) is 0 Å². The van der Waals surface area contributed by atoms with Crippen LogP contribution in [-0.4, -0.2) is 35.0 Å². The minimum atomic E-state index is -0.0255. The van der Waals surface area contributed by atoms with Gasteiger partial charge in [0.25, 0.3) is 0 Å². The highest BCUT2D eigenvalue weighted by atomic mass is 32.1. The third kappa shape index (κ3) is 3.22. The van der Waals surface area contributed by atoms with Gasteiger partial charge in [0.2, 0.25) is 5.96 Å². The van der Waals surface area contributed by atoms with E-state index >= 15 is 0 Å². The first-order valence-electron chi connectivity index (χ1n) is 10.1. The normalized spacial score (nSPS) is 24.3. The maximum Gasteiger partial charge on any atom is 0.226 e. The van der Waals surface area contributed by atoms with Crippen molar-refractivity contribution >= 4 is 22.3 Å². The van der Waals surface area contributed by atoms with Crippen molar-refractivity contribution in [1.29, 1.82) is 0 Å². The van der Waals surface area contributed by atoms with E-state index < -0.39 is 0 Å². The van der Waals surface area contributed by atoms with Gasteiger partial charge in [0, 0.05) is 29.3 Å². The largest absolute Gasteiger partial charge is 0.377 e. The molecule has 0 radical (unpaired) electrons. The predicted octanol–water partition coefficient (Wildman–Crippen LogP) is 3.54. The molecule has 2 aromatic heterocycles. The molecule has 0 spiro atoms. The molecule has 1 fully saturated rings. The quantitative estimate of drug-likeness (QED) is 0.848. The molecule has 2 atom stereocenters. The summed E-state index contributed by atoms with van der Waals surface area (Å²) in [7, 11) is 0. The maximum atomic E-state index is 5.82. The molecule has 2 aliphatic heterocycles. The predicted molar refractivity (Wildman–Crippen MR) is 109 cm³/mol. The summed E-state index contributed by atoms with van der Waals surface area (Å²) in [5.41, 5.74) is 4.99. The van der Waals surface area contributed by atoms with E-state index in [4.69, 9.17) is 9.73 Å². The van der Waals surface area contributed by atoms with Crippen LogP contribution in [0.5, 0.6) is 0 Å². The zero-order chi connectivity index (χ0) is 18.4. The molecule has 0 aromatic carbocycles. The van der Waals surface area contributed by atoms with Crippen molar-refractivity contribution in [3.8, 4) is 0 Å². The number of ether oxygens (including phenoxy) is 1. The van der Waals surface area contributed by atoms with Gasteiger partial charge in [-0.25, -0.2) is 9.67 Å². The molecule has 3 aliphatic rings. The van der Waals surface area contributed by atoms with Crippen LogP contribution in [0, 0.1) is 13.8 Å². The molecule has 6 nitrogen and oxygen atoms in total. The van der Waals surface area contributed by atoms with Crippen LogP contribution in [0.4, 0.5) is 5.00 Å². The first-order valence-corrected chi connectivity index (χ1v) is 10.9. The van der Waals surface area contributed by atoms with Crippen molar-refractivity contribution < 1.29 is 4.74 Å². The third-order valence-corrected chi connectivity index (χ3v) is 6.96. The molecule has 7 heteroatoms. The van der Waals surface area contributed by atoms with Crippen LogP contribution in [0.25, 0.3) is 0 Å². The average molecular weight is 386 g/mol. The van der Waals surface area contributed by atoms with Gasteiger partial charge in [-0.3, -0.25) is 5.32 Å². The van der Waals surface area contributed by atoms with E-state index in [1.54, 1.807) is 0 Å². The monoisotopic (exact) mass is 385 g/mol. The summed E-state index contributed by atoms with van der Waals surface area (Å²) in [5.74, 6) is 0.816. The van der Waals surface area contributed by atoms with Crippen molar-refractivity contribution in [2.45, 2.75) is 64.6 Å². The number of aliphatic imine (C=N–C) groups is 1. The molecule has 0 bridgehead atoms. The fourth-order valence-electron chi connectivity index (χ4n) is 4.44. The van der Waals surface area contributed by atoms with Gasteiger partial charge >= 0.3 is 0 Å². The molecule has 2 N–H and O–H groups in total. The number of aryl methyl sites for hydroxylation is 3. The number of hydrogen-bond donors (Lipinski definition) is 2. The summed E-state index contributed by atoms with van der Waals surface area (Å²) in [5, 5.41) is 13.2. The van der Waals surface area contributed by atoms with E-state index in [1.165, 1.54) is 46.7 Å². The van der Waals surface area contributed by atoms with Crippen LogP contribution in [0.3, 0.4) is 0 Å². The van der Waals surface area contributed by atoms with E-state index in [0.29, 0.717) is 6.10 Å². The Morgan fingerprint density at radius 1 is 1.30 bits per heavy atom. The molecule has 144 valence electrons. The standard InChI is InChI=1S/C20H27N5OS/c1-12-10-13(2)25(24-12)20-22-18(21-11-14-6-5-9-26-14)17-15-7-3-4-8-16(15)27-19(17)23-20/h10,14,18,21H,3-9,11H2,1-2H3,(H,22,23)/t14-,18+/m0/s1. The van der Waals surface area contributed by atoms with Gasteiger partial charge in [-0.15, -0.1) is 11.3 Å². The molecular weight excluding hydrogens is 358 g/mol. The Labute approximate surface area is 164 Å². The Morgan fingerprint density at radius 3 is 2.96 bits per heavy atom. The number of fused-ring (bicyclic) bond motifs is 3. The summed E-state index contributed by atoms with van der Waals surface area (Å²) in [6, 6.07) is 2.09. The fraction of sp³-hybridized carbons (Fsp3) is 0.600. The SMILES string of the molecule is Cc1cc(C)n(C2=N[C@@H](NC[C@@H]3CCCO3)c3c(sc4c3CCCC4)N2)n1. The number of rotatable bonds is 3. The van der Waals surface area contributed by atoms with Gasteiger partial charge in [-0.1, -0.05) is 0 Å². The highest BCUT2D eigenvalue weighted by Crippen LogP contribution is 2.43.